The molecule has 33 heavy (non-hydrogen) atoms. The Morgan fingerprint density at radius 3 is 2.36 bits per heavy atom. The average Bonchev–Trinajstić information content (AvgIpc) is 3.03. The number of hydrazine groups is 1. The number of Topliss-reactive ketones (excluding diaryl/α,β-unsaturated/α-hetero) is 1. The minimum atomic E-state index is -1.13. The minimum absolute atomic E-state index is 0.0403. The smallest absolute Gasteiger partial charge is 0.275 e. The Kier molecular flexibility index (Phi) is 6.41. The fourth-order valence-electron chi connectivity index (χ4n) is 4.41. The van der Waals surface area contributed by atoms with Crippen LogP contribution in [0.2, 0.25) is 10.0 Å². The highest BCUT2D eigenvalue weighted by molar-refractivity contribution is 6.36. The Balaban J connectivity index is 1.78. The van der Waals surface area contributed by atoms with Gasteiger partial charge in [0.05, 0.1) is 22.4 Å². The summed E-state index contributed by atoms with van der Waals surface area (Å²) in [5.41, 5.74) is 1.42. The topological polar surface area (TPSA) is 74.8 Å². The molecule has 4 rings (SSSR count). The van der Waals surface area contributed by atoms with E-state index in [9.17, 15) is 19.2 Å². The van der Waals surface area contributed by atoms with Crippen LogP contribution in [-0.4, -0.2) is 39.6 Å². The first-order valence-corrected chi connectivity index (χ1v) is 11.4. The van der Waals surface area contributed by atoms with Gasteiger partial charge < -0.3 is 0 Å². The summed E-state index contributed by atoms with van der Waals surface area (Å²) < 4.78 is 0. The first-order valence-electron chi connectivity index (χ1n) is 10.6. The van der Waals surface area contributed by atoms with E-state index >= 15 is 0 Å². The molecule has 0 bridgehead atoms. The Bertz CT molecular complexity index is 1180. The van der Waals surface area contributed by atoms with Gasteiger partial charge in [0.1, 0.15) is 6.04 Å². The van der Waals surface area contributed by atoms with Crippen LogP contribution in [0, 0.1) is 11.8 Å². The number of fused-ring (bicyclic) bond motifs is 1. The van der Waals surface area contributed by atoms with Crippen molar-refractivity contribution < 1.29 is 19.2 Å². The second kappa shape index (κ2) is 9.12. The Morgan fingerprint density at radius 1 is 1.03 bits per heavy atom. The predicted molar refractivity (Wildman–Crippen MR) is 125 cm³/mol. The van der Waals surface area contributed by atoms with E-state index in [4.69, 9.17) is 23.2 Å². The van der Waals surface area contributed by atoms with Crippen molar-refractivity contribution in [2.24, 2.45) is 11.8 Å². The Morgan fingerprint density at radius 2 is 1.70 bits per heavy atom. The quantitative estimate of drug-likeness (QED) is 0.341. The average molecular weight is 485 g/mol. The SMILES string of the molecule is CC1=CC[C@@H]2C(=O)N(N(C(=O)c3ccc(Cl)cc3Cl)[C@H](C)C(=O)c3ccccc3)C(=O)[C@@H]2C1. The Labute approximate surface area is 201 Å². The van der Waals surface area contributed by atoms with Crippen molar-refractivity contribution in [2.45, 2.75) is 32.7 Å². The second-order valence-corrected chi connectivity index (χ2v) is 9.22. The number of hydrogen-bond donors (Lipinski definition) is 0. The maximum Gasteiger partial charge on any atom is 0.275 e. The summed E-state index contributed by atoms with van der Waals surface area (Å²) in [7, 11) is 0. The molecule has 0 saturated carbocycles. The van der Waals surface area contributed by atoms with Crippen LogP contribution >= 0.6 is 23.2 Å². The molecule has 3 amide bonds. The molecule has 1 aliphatic heterocycles. The molecule has 1 fully saturated rings. The van der Waals surface area contributed by atoms with Gasteiger partial charge in [-0.15, -0.1) is 0 Å². The summed E-state index contributed by atoms with van der Waals surface area (Å²) in [6.07, 6.45) is 2.80. The molecular formula is C25H22Cl2N2O4. The molecule has 0 radical (unpaired) electrons. The van der Waals surface area contributed by atoms with E-state index in [0.29, 0.717) is 23.4 Å². The predicted octanol–water partition coefficient (Wildman–Crippen LogP) is 4.96. The molecule has 0 unspecified atom stereocenters. The molecule has 3 atom stereocenters. The monoisotopic (exact) mass is 484 g/mol. The van der Waals surface area contributed by atoms with Gasteiger partial charge >= 0.3 is 0 Å². The number of carbonyl (C=O) groups is 4. The van der Waals surface area contributed by atoms with E-state index in [0.717, 1.165) is 15.6 Å². The molecular weight excluding hydrogens is 463 g/mol. The number of rotatable bonds is 5. The van der Waals surface area contributed by atoms with Crippen molar-refractivity contribution >= 4 is 46.7 Å². The van der Waals surface area contributed by atoms with Crippen molar-refractivity contribution in [2.75, 3.05) is 0 Å². The Hall–Kier alpha value is -2.96. The highest BCUT2D eigenvalue weighted by Crippen LogP contribution is 2.39. The largest absolute Gasteiger partial charge is 0.292 e. The highest BCUT2D eigenvalue weighted by atomic mass is 35.5. The molecule has 0 N–H and O–H groups in total. The van der Waals surface area contributed by atoms with Gasteiger partial charge in [0.15, 0.2) is 5.78 Å². The van der Waals surface area contributed by atoms with Crippen LogP contribution in [-0.2, 0) is 9.59 Å². The molecule has 0 spiro atoms. The third-order valence-corrected chi connectivity index (χ3v) is 6.74. The fraction of sp³-hybridized carbons (Fsp3) is 0.280. The second-order valence-electron chi connectivity index (χ2n) is 8.37. The van der Waals surface area contributed by atoms with Gasteiger partial charge in [-0.25, -0.2) is 5.01 Å². The van der Waals surface area contributed by atoms with E-state index < -0.39 is 41.4 Å². The van der Waals surface area contributed by atoms with Crippen molar-refractivity contribution in [3.63, 3.8) is 0 Å². The van der Waals surface area contributed by atoms with Gasteiger partial charge in [0.2, 0.25) is 0 Å². The van der Waals surface area contributed by atoms with E-state index in [-0.39, 0.29) is 10.6 Å². The van der Waals surface area contributed by atoms with Crippen molar-refractivity contribution in [1.29, 1.82) is 0 Å². The maximum atomic E-state index is 13.7. The number of halogens is 2. The molecule has 170 valence electrons. The fourth-order valence-corrected chi connectivity index (χ4v) is 4.90. The van der Waals surface area contributed by atoms with E-state index in [2.05, 4.69) is 0 Å². The summed E-state index contributed by atoms with van der Waals surface area (Å²) >= 11 is 12.3. The van der Waals surface area contributed by atoms with E-state index in [1.165, 1.54) is 25.1 Å². The minimum Gasteiger partial charge on any atom is -0.292 e. The van der Waals surface area contributed by atoms with Crippen LogP contribution in [0.4, 0.5) is 0 Å². The lowest BCUT2D eigenvalue weighted by Gasteiger charge is -2.35. The molecule has 2 aromatic rings. The van der Waals surface area contributed by atoms with Gasteiger partial charge in [-0.1, -0.05) is 65.2 Å². The summed E-state index contributed by atoms with van der Waals surface area (Å²) in [6.45, 7) is 3.41. The number of carbonyl (C=O) groups excluding carboxylic acids is 4. The first-order chi connectivity index (χ1) is 15.7. The number of benzene rings is 2. The van der Waals surface area contributed by atoms with Gasteiger partial charge in [-0.3, -0.25) is 19.2 Å². The zero-order valence-corrected chi connectivity index (χ0v) is 19.6. The van der Waals surface area contributed by atoms with E-state index in [1.54, 1.807) is 30.3 Å². The van der Waals surface area contributed by atoms with Crippen LogP contribution < -0.4 is 0 Å². The summed E-state index contributed by atoms with van der Waals surface area (Å²) in [4.78, 5) is 53.7. The number of allylic oxidation sites excluding steroid dienone is 2. The van der Waals surface area contributed by atoms with Gasteiger partial charge in [-0.2, -0.15) is 5.01 Å². The summed E-state index contributed by atoms with van der Waals surface area (Å²) in [5, 5.41) is 2.21. The lowest BCUT2D eigenvalue weighted by Crippen LogP contribution is -2.56. The first kappa shape index (κ1) is 23.2. The lowest BCUT2D eigenvalue weighted by atomic mass is 9.82. The van der Waals surface area contributed by atoms with Gasteiger partial charge in [0, 0.05) is 10.6 Å². The molecule has 8 heteroatoms. The highest BCUT2D eigenvalue weighted by Gasteiger charge is 2.53. The van der Waals surface area contributed by atoms with Crippen LogP contribution in [0.15, 0.2) is 60.2 Å². The zero-order chi connectivity index (χ0) is 23.9. The molecule has 2 aliphatic rings. The van der Waals surface area contributed by atoms with Crippen molar-refractivity contribution in [3.8, 4) is 0 Å². The zero-order valence-electron chi connectivity index (χ0n) is 18.1. The standard InChI is InChI=1S/C25H22Cl2N2O4/c1-14-8-10-18-20(12-14)25(33)29(23(18)31)28(15(2)22(30)16-6-4-3-5-7-16)24(32)19-11-9-17(26)13-21(19)27/h3-9,11,13,15,18,20H,10,12H2,1-2H3/t15-,18+,20-/m1/s1. The van der Waals surface area contributed by atoms with Gasteiger partial charge in [0.25, 0.3) is 17.7 Å². The number of imide groups is 1. The molecule has 1 saturated heterocycles. The number of nitrogens with zero attached hydrogens (tertiary/aromatic N) is 2. The van der Waals surface area contributed by atoms with Crippen LogP contribution in [0.5, 0.6) is 0 Å². The molecule has 2 aromatic carbocycles. The van der Waals surface area contributed by atoms with Crippen molar-refractivity contribution in [3.05, 3.63) is 81.4 Å². The number of ketones is 1. The summed E-state index contributed by atoms with van der Waals surface area (Å²) in [6, 6.07) is 11.6. The van der Waals surface area contributed by atoms with E-state index in [1.807, 2.05) is 13.0 Å². The number of hydrogen-bond acceptors (Lipinski definition) is 4. The third kappa shape index (κ3) is 4.21. The summed E-state index contributed by atoms with van der Waals surface area (Å²) in [5.74, 6) is -3.21. The van der Waals surface area contributed by atoms with Crippen molar-refractivity contribution in [1.82, 2.24) is 10.0 Å². The number of amides is 3. The van der Waals surface area contributed by atoms with Gasteiger partial charge in [-0.05, 0) is 44.9 Å². The van der Waals surface area contributed by atoms with Crippen LogP contribution in [0.1, 0.15) is 47.4 Å². The normalized spacial score (nSPS) is 20.8. The maximum absolute atomic E-state index is 13.7. The molecule has 6 nitrogen and oxygen atoms in total. The van der Waals surface area contributed by atoms with Crippen LogP contribution in [0.25, 0.3) is 0 Å². The third-order valence-electron chi connectivity index (χ3n) is 6.19. The lowest BCUT2D eigenvalue weighted by molar-refractivity contribution is -0.156. The van der Waals surface area contributed by atoms with Crippen LogP contribution in [0.3, 0.4) is 0 Å². The molecule has 1 aliphatic carbocycles. The molecule has 1 heterocycles. The molecule has 0 aromatic heterocycles.